The molecule has 0 saturated carbocycles. The van der Waals surface area contributed by atoms with E-state index in [2.05, 4.69) is 58.2 Å². The summed E-state index contributed by atoms with van der Waals surface area (Å²) in [6.07, 6.45) is -6.05. The first-order chi connectivity index (χ1) is 33.6. The zero-order chi connectivity index (χ0) is 53.9. The van der Waals surface area contributed by atoms with Crippen molar-refractivity contribution in [2.24, 2.45) is 33.7 Å². The van der Waals surface area contributed by atoms with Crippen LogP contribution in [-0.2, 0) is 33.6 Å². The van der Waals surface area contributed by atoms with E-state index < -0.39 is 128 Å². The van der Waals surface area contributed by atoms with Crippen molar-refractivity contribution in [3.05, 3.63) is 0 Å². The summed E-state index contributed by atoms with van der Waals surface area (Å²) in [6.45, 7) is 2.62. The Bertz CT molecular complexity index is 1600. The molecule has 0 heterocycles. The molecule has 0 bridgehead atoms. The average Bonchev–Trinajstić information content (AvgIpc) is 3.31. The number of aliphatic imine (C=N–C) groups is 1. The molecule has 0 unspecified atom stereocenters. The van der Waals surface area contributed by atoms with Crippen LogP contribution in [0.2, 0.25) is 0 Å². The van der Waals surface area contributed by atoms with E-state index in [1.54, 1.807) is 0 Å². The summed E-state index contributed by atoms with van der Waals surface area (Å²) in [5, 5.41) is 88.4. The van der Waals surface area contributed by atoms with Gasteiger partial charge in [-0.15, -0.1) is 0 Å². The van der Waals surface area contributed by atoms with Crippen molar-refractivity contribution >= 4 is 47.3 Å². The number of nitrogens with zero attached hydrogens (tertiary/aromatic N) is 1. The van der Waals surface area contributed by atoms with E-state index >= 15 is 0 Å². The largest absolute Gasteiger partial charge is 0.394 e. The topological polar surface area (TPSA) is 504 Å². The van der Waals surface area contributed by atoms with Crippen LogP contribution in [0.1, 0.15) is 71.1 Å². The second kappa shape index (κ2) is 38.7. The number of guanidine groups is 1. The van der Waals surface area contributed by atoms with Crippen molar-refractivity contribution in [3.8, 4) is 0 Å². The second-order valence-corrected chi connectivity index (χ2v) is 17.1. The van der Waals surface area contributed by atoms with Crippen LogP contribution in [-0.4, -0.2) is 224 Å². The zero-order valence-electron chi connectivity index (χ0n) is 41.4. The standard InChI is InChI=1S/C42H86N16O13/c1-24(54-41(71)36(66)32(63)17-25(60)9-6-12-44)37(67)56-29(21-49-3)39(69)58-35(27(45)10-7-15-52-42(46)47)40(70)57-30(23-59)31(62)18-26(61)19-33(64)55-28(20-48-2)38(68)53-22-34(65)51-16-8-14-50-13-5-4-11-43/h24-32,35-36,48-50,59-63,66H,4-23,43-45H2,1-3H3,(H,51,65)(H,53,68)(H,54,71)(H,55,64)(H,56,67)(H,57,70)(H,58,69)(H4,46,47,52)/t24-,25-,26+,27-,28+,29+,30+,31-,32+,35-,36-/m1/s1. The summed E-state index contributed by atoms with van der Waals surface area (Å²) in [5.41, 5.74) is 28.1. The number of aliphatic hydroxyl groups excluding tert-OH is 6. The number of likely N-dealkylation sites (N-methyl/N-ethyl adjacent to an activating group) is 2. The first-order valence-corrected chi connectivity index (χ1v) is 23.9. The first kappa shape index (κ1) is 66.1. The highest BCUT2D eigenvalue weighted by molar-refractivity contribution is 5.95. The molecule has 412 valence electrons. The molecule has 0 aliphatic carbocycles. The van der Waals surface area contributed by atoms with Gasteiger partial charge in [-0.1, -0.05) is 0 Å². The van der Waals surface area contributed by atoms with Gasteiger partial charge in [-0.2, -0.15) is 0 Å². The Balaban J connectivity index is 5.71. The normalized spacial score (nSPS) is 15.9. The van der Waals surface area contributed by atoms with E-state index in [1.165, 1.54) is 21.0 Å². The lowest BCUT2D eigenvalue weighted by molar-refractivity contribution is -0.140. The van der Waals surface area contributed by atoms with Crippen LogP contribution >= 0.6 is 0 Å². The van der Waals surface area contributed by atoms with Crippen LogP contribution in [0.5, 0.6) is 0 Å². The maximum Gasteiger partial charge on any atom is 0.252 e. The number of rotatable bonds is 41. The highest BCUT2D eigenvalue weighted by Crippen LogP contribution is 2.11. The lowest BCUT2D eigenvalue weighted by Gasteiger charge is -2.30. The third kappa shape index (κ3) is 29.9. The van der Waals surface area contributed by atoms with Crippen molar-refractivity contribution in [1.82, 2.24) is 53.2 Å². The zero-order valence-corrected chi connectivity index (χ0v) is 41.4. The molecule has 0 radical (unpaired) electrons. The van der Waals surface area contributed by atoms with Crippen LogP contribution in [0.3, 0.4) is 0 Å². The molecule has 11 atom stereocenters. The fourth-order valence-electron chi connectivity index (χ4n) is 6.71. The lowest BCUT2D eigenvalue weighted by Crippen LogP contribution is -2.63. The van der Waals surface area contributed by atoms with Gasteiger partial charge in [0.2, 0.25) is 35.4 Å². The predicted molar refractivity (Wildman–Crippen MR) is 262 cm³/mol. The van der Waals surface area contributed by atoms with Gasteiger partial charge in [0.05, 0.1) is 50.0 Å². The number of hydrogen-bond donors (Lipinski definition) is 21. The minimum absolute atomic E-state index is 0.0356. The Morgan fingerprint density at radius 3 is 1.83 bits per heavy atom. The smallest absolute Gasteiger partial charge is 0.252 e. The van der Waals surface area contributed by atoms with Crippen molar-refractivity contribution in [2.45, 2.75) is 138 Å². The molecule has 7 amide bonds. The van der Waals surface area contributed by atoms with Crippen LogP contribution < -0.4 is 81.8 Å². The summed E-state index contributed by atoms with van der Waals surface area (Å²) >= 11 is 0. The van der Waals surface area contributed by atoms with Crippen molar-refractivity contribution in [2.75, 3.05) is 79.6 Å². The fraction of sp³-hybridized carbons (Fsp3) is 0.810. The van der Waals surface area contributed by atoms with Gasteiger partial charge in [0.15, 0.2) is 12.1 Å². The number of hydrogen-bond acceptors (Lipinski definition) is 20. The molecule has 0 saturated heterocycles. The van der Waals surface area contributed by atoms with E-state index in [0.29, 0.717) is 32.5 Å². The average molecular weight is 1020 g/mol. The van der Waals surface area contributed by atoms with Crippen LogP contribution in [0.15, 0.2) is 4.99 Å². The van der Waals surface area contributed by atoms with E-state index in [1.807, 2.05) is 0 Å². The summed E-state index contributed by atoms with van der Waals surface area (Å²) in [5.74, 6) is -6.13. The molecular weight excluding hydrogens is 937 g/mol. The fourth-order valence-corrected chi connectivity index (χ4v) is 6.71. The molecule has 0 aromatic carbocycles. The minimum Gasteiger partial charge on any atom is -0.394 e. The van der Waals surface area contributed by atoms with Crippen LogP contribution in [0.25, 0.3) is 0 Å². The third-order valence-corrected chi connectivity index (χ3v) is 10.7. The molecule has 0 fully saturated rings. The number of unbranched alkanes of at least 4 members (excludes halogenated alkanes) is 1. The van der Waals surface area contributed by atoms with E-state index in [9.17, 15) is 64.2 Å². The molecule has 0 rings (SSSR count). The number of amides is 7. The third-order valence-electron chi connectivity index (χ3n) is 10.7. The van der Waals surface area contributed by atoms with Gasteiger partial charge in [-0.05, 0) is 92.1 Å². The SMILES string of the molecule is CNC[C@H](NC(=O)C[C@@H](O)C[C@@H](O)[C@H](CO)NC(=O)[C@H](NC(=O)[C@H](CNC)NC(=O)[C@@H](C)NC(=O)[C@H](O)[C@@H](O)C[C@H](O)CCCN)[C@H](N)CCCN=C(N)N)C(=O)NCC(=O)NCCCNCCCCN. The predicted octanol–water partition coefficient (Wildman–Crippen LogP) is -10.1. The summed E-state index contributed by atoms with van der Waals surface area (Å²) in [6, 6.07) is -8.18. The molecule has 0 aromatic heterocycles. The number of nitrogens with two attached hydrogens (primary N) is 5. The highest BCUT2D eigenvalue weighted by Gasteiger charge is 2.35. The Morgan fingerprint density at radius 1 is 0.606 bits per heavy atom. The highest BCUT2D eigenvalue weighted by atomic mass is 16.3. The van der Waals surface area contributed by atoms with Crippen molar-refractivity contribution in [1.29, 1.82) is 0 Å². The van der Waals surface area contributed by atoms with E-state index in [-0.39, 0.29) is 64.4 Å². The maximum absolute atomic E-state index is 13.8. The number of carbonyl (C=O) groups is 7. The first-order valence-electron chi connectivity index (χ1n) is 23.9. The Labute approximate surface area is 415 Å². The van der Waals surface area contributed by atoms with E-state index in [0.717, 1.165) is 19.4 Å². The van der Waals surface area contributed by atoms with Crippen molar-refractivity contribution < 1.29 is 64.2 Å². The van der Waals surface area contributed by atoms with Crippen LogP contribution in [0, 0.1) is 0 Å². The number of carbonyl (C=O) groups excluding carboxylic acids is 7. The summed E-state index contributed by atoms with van der Waals surface area (Å²) in [4.78, 5) is 95.3. The molecule has 0 spiro atoms. The summed E-state index contributed by atoms with van der Waals surface area (Å²) in [7, 11) is 2.99. The second-order valence-electron chi connectivity index (χ2n) is 17.1. The quantitative estimate of drug-likeness (QED) is 0.0154. The molecule has 71 heavy (non-hydrogen) atoms. The monoisotopic (exact) mass is 1020 g/mol. The molecule has 29 heteroatoms. The van der Waals surface area contributed by atoms with Gasteiger partial charge in [-0.3, -0.25) is 38.6 Å². The van der Waals surface area contributed by atoms with Gasteiger partial charge in [-0.25, -0.2) is 0 Å². The van der Waals surface area contributed by atoms with Gasteiger partial charge < -0.3 is 112 Å². The molecular formula is C42H86N16O13. The van der Waals surface area contributed by atoms with Gasteiger partial charge in [0, 0.05) is 45.1 Å². The molecule has 0 aliphatic rings. The lowest BCUT2D eigenvalue weighted by atomic mass is 9.99. The van der Waals surface area contributed by atoms with Crippen molar-refractivity contribution in [3.63, 3.8) is 0 Å². The minimum atomic E-state index is -2.01. The van der Waals surface area contributed by atoms with Gasteiger partial charge >= 0.3 is 0 Å². The molecule has 29 nitrogen and oxygen atoms in total. The maximum atomic E-state index is 13.8. The molecule has 0 aromatic rings. The summed E-state index contributed by atoms with van der Waals surface area (Å²) < 4.78 is 0. The number of nitrogens with one attached hydrogen (secondary N) is 10. The molecule has 0 aliphatic heterocycles. The number of aliphatic hydroxyl groups is 6. The Kier molecular flexibility index (Phi) is 36.0. The van der Waals surface area contributed by atoms with Gasteiger partial charge in [0.1, 0.15) is 24.2 Å². The van der Waals surface area contributed by atoms with Crippen LogP contribution in [0.4, 0.5) is 0 Å². The Morgan fingerprint density at radius 2 is 1.23 bits per heavy atom. The van der Waals surface area contributed by atoms with Gasteiger partial charge in [0.25, 0.3) is 5.91 Å². The van der Waals surface area contributed by atoms with E-state index in [4.69, 9.17) is 28.7 Å². The molecule has 26 N–H and O–H groups in total. The Hall–Kier alpha value is -4.92.